The van der Waals surface area contributed by atoms with Crippen molar-refractivity contribution >= 4 is 27.5 Å². The van der Waals surface area contributed by atoms with Crippen LogP contribution in [0, 0.1) is 0 Å². The fourth-order valence-electron chi connectivity index (χ4n) is 4.40. The maximum atomic E-state index is 13.0. The van der Waals surface area contributed by atoms with E-state index in [0.717, 1.165) is 50.5 Å². The van der Waals surface area contributed by atoms with E-state index in [9.17, 15) is 13.2 Å². The number of rotatable bonds is 3. The molecule has 27 heavy (non-hydrogen) atoms. The van der Waals surface area contributed by atoms with E-state index in [1.54, 1.807) is 19.9 Å². The summed E-state index contributed by atoms with van der Waals surface area (Å²) in [5.74, 6) is 0.0845. The highest BCUT2D eigenvalue weighted by atomic mass is 32.2. The highest BCUT2D eigenvalue weighted by Crippen LogP contribution is 2.31. The predicted octanol–water partition coefficient (Wildman–Crippen LogP) is 2.51. The number of nitrogens with zero attached hydrogens (tertiary/aromatic N) is 3. The van der Waals surface area contributed by atoms with Crippen molar-refractivity contribution in [2.45, 2.75) is 51.4 Å². The molecule has 0 aromatic carbocycles. The van der Waals surface area contributed by atoms with Gasteiger partial charge in [0.1, 0.15) is 0 Å². The average molecular weight is 412 g/mol. The second kappa shape index (κ2) is 8.19. The molecule has 3 heterocycles. The SMILES string of the molecule is O=C(c1csc2c1CCCC2)N1CCN(S(=O)(=O)N2CCCCCC2)CC1. The standard InChI is InChI=1S/C19H29N3O3S2/c23-19(17-15-26-18-8-4-3-7-16(17)18)20-11-13-22(14-12-20)27(24,25)21-9-5-1-2-6-10-21/h15H,1-14H2. The number of carbonyl (C=O) groups excluding carboxylic acids is 1. The molecule has 3 aliphatic rings. The van der Waals surface area contributed by atoms with Gasteiger partial charge in [-0.3, -0.25) is 4.79 Å². The zero-order valence-electron chi connectivity index (χ0n) is 15.9. The lowest BCUT2D eigenvalue weighted by atomic mass is 9.95. The molecule has 150 valence electrons. The second-order valence-corrected chi connectivity index (χ2v) is 10.7. The molecule has 0 atom stereocenters. The van der Waals surface area contributed by atoms with E-state index >= 15 is 0 Å². The number of piperazine rings is 1. The quantitative estimate of drug-likeness (QED) is 0.768. The molecule has 0 bridgehead atoms. The molecule has 6 nitrogen and oxygen atoms in total. The molecule has 0 spiro atoms. The van der Waals surface area contributed by atoms with Crippen molar-refractivity contribution < 1.29 is 13.2 Å². The third kappa shape index (κ3) is 3.95. The van der Waals surface area contributed by atoms with Crippen molar-refractivity contribution in [1.82, 2.24) is 13.5 Å². The summed E-state index contributed by atoms with van der Waals surface area (Å²) in [6, 6.07) is 0. The second-order valence-electron chi connectivity index (χ2n) is 7.77. The maximum Gasteiger partial charge on any atom is 0.282 e. The van der Waals surface area contributed by atoms with Gasteiger partial charge in [-0.25, -0.2) is 0 Å². The van der Waals surface area contributed by atoms with Gasteiger partial charge in [0.2, 0.25) is 0 Å². The number of hydrogen-bond acceptors (Lipinski definition) is 4. The number of hydrogen-bond donors (Lipinski definition) is 0. The molecule has 8 heteroatoms. The van der Waals surface area contributed by atoms with Crippen LogP contribution in [-0.4, -0.2) is 67.1 Å². The minimum Gasteiger partial charge on any atom is -0.336 e. The van der Waals surface area contributed by atoms with E-state index in [2.05, 4.69) is 0 Å². The highest BCUT2D eigenvalue weighted by Gasteiger charge is 2.34. The van der Waals surface area contributed by atoms with Crippen LogP contribution in [0.3, 0.4) is 0 Å². The van der Waals surface area contributed by atoms with Crippen LogP contribution >= 0.6 is 11.3 Å². The molecular formula is C19H29N3O3S2. The maximum absolute atomic E-state index is 13.0. The average Bonchev–Trinajstić information content (AvgIpc) is 2.92. The summed E-state index contributed by atoms with van der Waals surface area (Å²) >= 11 is 1.71. The Balaban J connectivity index is 1.40. The van der Waals surface area contributed by atoms with Crippen LogP contribution in [0.2, 0.25) is 0 Å². The van der Waals surface area contributed by atoms with Gasteiger partial charge in [-0.05, 0) is 44.1 Å². The van der Waals surface area contributed by atoms with E-state index in [0.29, 0.717) is 39.3 Å². The van der Waals surface area contributed by atoms with Crippen LogP contribution < -0.4 is 0 Å². The van der Waals surface area contributed by atoms with E-state index in [1.165, 1.54) is 16.9 Å². The first-order valence-electron chi connectivity index (χ1n) is 10.2. The largest absolute Gasteiger partial charge is 0.336 e. The molecule has 2 aliphatic heterocycles. The Morgan fingerprint density at radius 1 is 0.815 bits per heavy atom. The van der Waals surface area contributed by atoms with Gasteiger partial charge in [-0.1, -0.05) is 12.8 Å². The van der Waals surface area contributed by atoms with Gasteiger partial charge in [0.15, 0.2) is 0 Å². The Morgan fingerprint density at radius 3 is 2.15 bits per heavy atom. The molecule has 1 aromatic heterocycles. The van der Waals surface area contributed by atoms with E-state index in [4.69, 9.17) is 0 Å². The lowest BCUT2D eigenvalue weighted by molar-refractivity contribution is 0.0693. The van der Waals surface area contributed by atoms with Crippen molar-refractivity contribution in [1.29, 1.82) is 0 Å². The van der Waals surface area contributed by atoms with Crippen LogP contribution in [-0.2, 0) is 23.1 Å². The summed E-state index contributed by atoms with van der Waals surface area (Å²) in [5, 5.41) is 2.01. The zero-order valence-corrected chi connectivity index (χ0v) is 17.5. The van der Waals surface area contributed by atoms with Gasteiger partial charge >= 0.3 is 0 Å². The van der Waals surface area contributed by atoms with Crippen molar-refractivity contribution in [3.8, 4) is 0 Å². The van der Waals surface area contributed by atoms with Crippen LogP contribution in [0.25, 0.3) is 0 Å². The number of amides is 1. The van der Waals surface area contributed by atoms with Gasteiger partial charge in [0.05, 0.1) is 5.56 Å². The van der Waals surface area contributed by atoms with Crippen molar-refractivity contribution in [3.05, 3.63) is 21.4 Å². The van der Waals surface area contributed by atoms with Gasteiger partial charge in [0.25, 0.3) is 16.1 Å². The molecule has 1 aliphatic carbocycles. The Kier molecular flexibility index (Phi) is 5.87. The molecule has 2 fully saturated rings. The Morgan fingerprint density at radius 2 is 1.44 bits per heavy atom. The fourth-order valence-corrected chi connectivity index (χ4v) is 7.19. The summed E-state index contributed by atoms with van der Waals surface area (Å²) in [6.07, 6.45) is 8.58. The number of fused-ring (bicyclic) bond motifs is 1. The minimum absolute atomic E-state index is 0.0845. The minimum atomic E-state index is -3.39. The summed E-state index contributed by atoms with van der Waals surface area (Å²) in [5.41, 5.74) is 2.11. The molecule has 0 saturated carbocycles. The summed E-state index contributed by atoms with van der Waals surface area (Å²) in [4.78, 5) is 16.2. The monoisotopic (exact) mass is 411 g/mol. The predicted molar refractivity (Wildman–Crippen MR) is 107 cm³/mol. The van der Waals surface area contributed by atoms with Crippen molar-refractivity contribution in [2.24, 2.45) is 0 Å². The Bertz CT molecular complexity index is 774. The summed E-state index contributed by atoms with van der Waals surface area (Å²) in [6.45, 7) is 3.02. The summed E-state index contributed by atoms with van der Waals surface area (Å²) in [7, 11) is -3.39. The zero-order chi connectivity index (χ0) is 18.9. The molecule has 0 unspecified atom stereocenters. The Hall–Kier alpha value is -0.960. The molecule has 0 radical (unpaired) electrons. The van der Waals surface area contributed by atoms with Gasteiger partial charge in [-0.15, -0.1) is 11.3 Å². The molecule has 0 N–H and O–H groups in total. The first-order chi connectivity index (χ1) is 13.1. The molecule has 1 aromatic rings. The Labute approximate surface area is 166 Å². The molecule has 2 saturated heterocycles. The first kappa shape index (κ1) is 19.4. The lowest BCUT2D eigenvalue weighted by Gasteiger charge is -2.36. The van der Waals surface area contributed by atoms with Gasteiger partial charge in [0, 0.05) is 49.5 Å². The van der Waals surface area contributed by atoms with Crippen molar-refractivity contribution in [2.75, 3.05) is 39.3 Å². The van der Waals surface area contributed by atoms with Gasteiger partial charge < -0.3 is 4.90 Å². The van der Waals surface area contributed by atoms with Crippen LogP contribution in [0.15, 0.2) is 5.38 Å². The topological polar surface area (TPSA) is 60.9 Å². The first-order valence-corrected chi connectivity index (χ1v) is 12.5. The highest BCUT2D eigenvalue weighted by molar-refractivity contribution is 7.86. The van der Waals surface area contributed by atoms with Crippen LogP contribution in [0.1, 0.15) is 59.3 Å². The normalized spacial score (nSPS) is 23.0. The van der Waals surface area contributed by atoms with E-state index < -0.39 is 10.2 Å². The van der Waals surface area contributed by atoms with E-state index in [1.807, 2.05) is 10.3 Å². The van der Waals surface area contributed by atoms with Crippen LogP contribution in [0.5, 0.6) is 0 Å². The number of carbonyl (C=O) groups is 1. The van der Waals surface area contributed by atoms with Crippen LogP contribution in [0.4, 0.5) is 0 Å². The van der Waals surface area contributed by atoms with E-state index in [-0.39, 0.29) is 5.91 Å². The van der Waals surface area contributed by atoms with Gasteiger partial charge in [-0.2, -0.15) is 17.0 Å². The molecule has 1 amide bonds. The smallest absolute Gasteiger partial charge is 0.282 e. The third-order valence-corrected chi connectivity index (χ3v) is 9.16. The molecular weight excluding hydrogens is 382 g/mol. The fraction of sp³-hybridized carbons (Fsp3) is 0.737. The number of aryl methyl sites for hydroxylation is 1. The van der Waals surface area contributed by atoms with Crippen molar-refractivity contribution in [3.63, 3.8) is 0 Å². The lowest BCUT2D eigenvalue weighted by Crippen LogP contribution is -2.54. The number of thiophene rings is 1. The molecule has 4 rings (SSSR count). The summed E-state index contributed by atoms with van der Waals surface area (Å²) < 4.78 is 29.1. The third-order valence-electron chi connectivity index (χ3n) is 6.04.